The van der Waals surface area contributed by atoms with Crippen molar-refractivity contribution in [2.45, 2.75) is 6.54 Å². The summed E-state index contributed by atoms with van der Waals surface area (Å²) < 4.78 is 1.03. The Hall–Kier alpha value is -2.05. The number of rotatable bonds is 5. The molecule has 0 spiro atoms. The van der Waals surface area contributed by atoms with E-state index in [0.29, 0.717) is 12.1 Å². The maximum Gasteiger partial charge on any atom is 0.337 e. The van der Waals surface area contributed by atoms with Crippen molar-refractivity contribution in [2.75, 3.05) is 43.4 Å². The van der Waals surface area contributed by atoms with Crippen LogP contribution in [0.5, 0.6) is 0 Å². The van der Waals surface area contributed by atoms with Crippen molar-refractivity contribution in [3.63, 3.8) is 0 Å². The third-order valence-electron chi connectivity index (χ3n) is 4.46. The van der Waals surface area contributed by atoms with Crippen LogP contribution in [0.1, 0.15) is 15.9 Å². The zero-order valence-electron chi connectivity index (χ0n) is 14.2. The molecule has 5 nitrogen and oxygen atoms in total. The fourth-order valence-corrected chi connectivity index (χ4v) is 3.44. The first-order valence-electron chi connectivity index (χ1n) is 8.32. The fourth-order valence-electron chi connectivity index (χ4n) is 2.99. The Balaban J connectivity index is 1.75. The second kappa shape index (κ2) is 7.89. The lowest BCUT2D eigenvalue weighted by Gasteiger charge is -2.34. The van der Waals surface area contributed by atoms with Crippen molar-refractivity contribution in [3.8, 4) is 0 Å². The molecule has 1 heterocycles. The Bertz CT molecular complexity index is 758. The van der Waals surface area contributed by atoms with Gasteiger partial charge in [-0.2, -0.15) is 0 Å². The summed E-state index contributed by atoms with van der Waals surface area (Å²) in [6, 6.07) is 13.7. The quantitative estimate of drug-likeness (QED) is 0.799. The lowest BCUT2D eigenvalue weighted by Crippen LogP contribution is -2.45. The highest BCUT2D eigenvalue weighted by molar-refractivity contribution is 9.10. The number of nitrogens with one attached hydrogen (secondary N) is 1. The lowest BCUT2D eigenvalue weighted by atomic mass is 10.1. The smallest absolute Gasteiger partial charge is 0.337 e. The zero-order chi connectivity index (χ0) is 17.8. The van der Waals surface area contributed by atoms with Gasteiger partial charge in [0, 0.05) is 42.9 Å². The number of benzene rings is 2. The second-order valence-electron chi connectivity index (χ2n) is 6.31. The van der Waals surface area contributed by atoms with Crippen LogP contribution in [0.15, 0.2) is 46.9 Å². The SMILES string of the molecule is CN1CCN(c2ccc(NCc3cccc(Br)c3)cc2C(=O)O)CC1. The van der Waals surface area contributed by atoms with E-state index in [4.69, 9.17) is 0 Å². The normalized spacial score (nSPS) is 15.2. The Labute approximate surface area is 156 Å². The van der Waals surface area contributed by atoms with E-state index in [1.165, 1.54) is 0 Å². The molecule has 1 aliphatic rings. The first-order chi connectivity index (χ1) is 12.0. The van der Waals surface area contributed by atoms with Gasteiger partial charge in [0.15, 0.2) is 0 Å². The number of halogens is 1. The maximum atomic E-state index is 11.7. The molecular formula is C19H22BrN3O2. The predicted molar refractivity (Wildman–Crippen MR) is 105 cm³/mol. The minimum absolute atomic E-state index is 0.351. The van der Waals surface area contributed by atoms with Crippen molar-refractivity contribution < 1.29 is 9.90 Å². The standard InChI is InChI=1S/C19H22BrN3O2/c1-22-7-9-23(10-8-22)18-6-5-16(12-17(18)19(24)25)21-13-14-3-2-4-15(20)11-14/h2-6,11-12,21H,7-10,13H2,1H3,(H,24,25). The molecule has 2 aromatic rings. The third-order valence-corrected chi connectivity index (χ3v) is 4.95. The van der Waals surface area contributed by atoms with Gasteiger partial charge in [-0.1, -0.05) is 28.1 Å². The Morgan fingerprint density at radius 1 is 1.16 bits per heavy atom. The van der Waals surface area contributed by atoms with Crippen LogP contribution in [0, 0.1) is 0 Å². The van der Waals surface area contributed by atoms with Crippen molar-refractivity contribution in [3.05, 3.63) is 58.1 Å². The second-order valence-corrected chi connectivity index (χ2v) is 7.23. The first kappa shape index (κ1) is 17.8. The van der Waals surface area contributed by atoms with E-state index in [1.54, 1.807) is 6.07 Å². The van der Waals surface area contributed by atoms with Gasteiger partial charge in [0.25, 0.3) is 0 Å². The lowest BCUT2D eigenvalue weighted by molar-refractivity contribution is 0.0697. The molecule has 2 N–H and O–H groups in total. The number of nitrogens with zero attached hydrogens (tertiary/aromatic N) is 2. The molecule has 0 saturated carbocycles. The van der Waals surface area contributed by atoms with Gasteiger partial charge >= 0.3 is 5.97 Å². The van der Waals surface area contributed by atoms with Gasteiger partial charge in [-0.25, -0.2) is 4.79 Å². The number of hydrogen-bond donors (Lipinski definition) is 2. The zero-order valence-corrected chi connectivity index (χ0v) is 15.8. The molecule has 0 aromatic heterocycles. The molecule has 3 rings (SSSR count). The van der Waals surface area contributed by atoms with Gasteiger partial charge in [-0.3, -0.25) is 0 Å². The highest BCUT2D eigenvalue weighted by Crippen LogP contribution is 2.26. The highest BCUT2D eigenvalue weighted by atomic mass is 79.9. The van der Waals surface area contributed by atoms with Crippen molar-refractivity contribution in [1.29, 1.82) is 0 Å². The van der Waals surface area contributed by atoms with Crippen LogP contribution in [0.25, 0.3) is 0 Å². The minimum atomic E-state index is -0.889. The van der Waals surface area contributed by atoms with Gasteiger partial charge in [0.2, 0.25) is 0 Å². The molecule has 1 saturated heterocycles. The average Bonchev–Trinajstić information content (AvgIpc) is 2.60. The molecule has 132 valence electrons. The van der Waals surface area contributed by atoms with Crippen molar-refractivity contribution in [1.82, 2.24) is 4.90 Å². The van der Waals surface area contributed by atoms with Crippen LogP contribution in [-0.2, 0) is 6.54 Å². The Morgan fingerprint density at radius 2 is 1.92 bits per heavy atom. The van der Waals surface area contributed by atoms with Gasteiger partial charge in [-0.15, -0.1) is 0 Å². The largest absolute Gasteiger partial charge is 0.478 e. The molecule has 2 aromatic carbocycles. The van der Waals surface area contributed by atoms with Gasteiger partial charge in [0.05, 0.1) is 11.3 Å². The van der Waals surface area contributed by atoms with Crippen LogP contribution < -0.4 is 10.2 Å². The van der Waals surface area contributed by atoms with Gasteiger partial charge < -0.3 is 20.2 Å². The summed E-state index contributed by atoms with van der Waals surface area (Å²) in [6.45, 7) is 4.24. The highest BCUT2D eigenvalue weighted by Gasteiger charge is 2.20. The maximum absolute atomic E-state index is 11.7. The molecule has 1 aliphatic heterocycles. The topological polar surface area (TPSA) is 55.8 Å². The van der Waals surface area contributed by atoms with Crippen LogP contribution in [0.3, 0.4) is 0 Å². The molecule has 1 fully saturated rings. The molecule has 6 heteroatoms. The number of anilines is 2. The molecule has 25 heavy (non-hydrogen) atoms. The first-order valence-corrected chi connectivity index (χ1v) is 9.11. The molecule has 0 aliphatic carbocycles. The molecule has 0 unspecified atom stereocenters. The summed E-state index contributed by atoms with van der Waals surface area (Å²) in [7, 11) is 2.09. The monoisotopic (exact) mass is 403 g/mol. The van der Waals surface area contributed by atoms with Crippen molar-refractivity contribution >= 4 is 33.3 Å². The van der Waals surface area contributed by atoms with Crippen LogP contribution in [0.4, 0.5) is 11.4 Å². The number of hydrogen-bond acceptors (Lipinski definition) is 4. The summed E-state index contributed by atoms with van der Waals surface area (Å²) >= 11 is 3.46. The minimum Gasteiger partial charge on any atom is -0.478 e. The van der Waals surface area contributed by atoms with Gasteiger partial charge in [0.1, 0.15) is 0 Å². The van der Waals surface area contributed by atoms with Gasteiger partial charge in [-0.05, 0) is 42.9 Å². The van der Waals surface area contributed by atoms with E-state index in [0.717, 1.165) is 47.6 Å². The van der Waals surface area contributed by atoms with Crippen LogP contribution >= 0.6 is 15.9 Å². The molecule has 0 amide bonds. The van der Waals surface area contributed by atoms with Crippen LogP contribution in [0.2, 0.25) is 0 Å². The number of aromatic carboxylic acids is 1. The number of carboxylic acid groups (broad SMARTS) is 1. The Morgan fingerprint density at radius 3 is 2.60 bits per heavy atom. The van der Waals surface area contributed by atoms with E-state index in [1.807, 2.05) is 36.4 Å². The molecular weight excluding hydrogens is 382 g/mol. The summed E-state index contributed by atoms with van der Waals surface area (Å²) in [6.07, 6.45) is 0. The van der Waals surface area contributed by atoms with Crippen LogP contribution in [-0.4, -0.2) is 49.2 Å². The number of likely N-dealkylation sites (N-methyl/N-ethyl adjacent to an activating group) is 1. The predicted octanol–water partition coefficient (Wildman–Crippen LogP) is 3.51. The van der Waals surface area contributed by atoms with E-state index in [2.05, 4.69) is 38.1 Å². The van der Waals surface area contributed by atoms with E-state index < -0.39 is 5.97 Å². The number of piperazine rings is 1. The summed E-state index contributed by atoms with van der Waals surface area (Å²) in [5.74, 6) is -0.889. The Kier molecular flexibility index (Phi) is 5.60. The molecule has 0 bridgehead atoms. The third kappa shape index (κ3) is 4.52. The summed E-state index contributed by atoms with van der Waals surface area (Å²) in [5, 5.41) is 12.9. The summed E-state index contributed by atoms with van der Waals surface area (Å²) in [4.78, 5) is 16.1. The van der Waals surface area contributed by atoms with E-state index >= 15 is 0 Å². The number of carbonyl (C=O) groups is 1. The van der Waals surface area contributed by atoms with E-state index in [-0.39, 0.29) is 0 Å². The van der Waals surface area contributed by atoms with E-state index in [9.17, 15) is 9.90 Å². The fraction of sp³-hybridized carbons (Fsp3) is 0.316. The molecule has 0 radical (unpaired) electrons. The summed E-state index contributed by atoms with van der Waals surface area (Å²) in [5.41, 5.74) is 3.10. The average molecular weight is 404 g/mol. The molecule has 0 atom stereocenters. The number of carboxylic acids is 1. The van der Waals surface area contributed by atoms with Crippen molar-refractivity contribution in [2.24, 2.45) is 0 Å².